The van der Waals surface area contributed by atoms with Crippen LogP contribution >= 0.6 is 0 Å². The lowest BCUT2D eigenvalue weighted by Gasteiger charge is -2.08. The van der Waals surface area contributed by atoms with Crippen LogP contribution in [0, 0.1) is 5.82 Å². The summed E-state index contributed by atoms with van der Waals surface area (Å²) in [5.41, 5.74) is -0.677. The van der Waals surface area contributed by atoms with Gasteiger partial charge in [-0.15, -0.1) is 13.2 Å². The van der Waals surface area contributed by atoms with Gasteiger partial charge < -0.3 is 9.15 Å². The van der Waals surface area contributed by atoms with Crippen LogP contribution in [0.4, 0.5) is 4.39 Å². The maximum Gasteiger partial charge on any atom is 0.346 e. The summed E-state index contributed by atoms with van der Waals surface area (Å²) in [6, 6.07) is 4.92. The summed E-state index contributed by atoms with van der Waals surface area (Å²) in [6.45, 7) is 7.64. The monoisotopic (exact) mass is 342 g/mol. The minimum absolute atomic E-state index is 0.0677. The van der Waals surface area contributed by atoms with Crippen molar-refractivity contribution in [3.63, 3.8) is 0 Å². The Hall–Kier alpha value is -2.62. The molecular formula is C21H23FO3. The molecule has 0 aliphatic heterocycles. The first-order valence-electron chi connectivity index (χ1n) is 8.42. The van der Waals surface area contributed by atoms with E-state index in [0.29, 0.717) is 37.0 Å². The second-order valence-electron chi connectivity index (χ2n) is 5.64. The Morgan fingerprint density at radius 3 is 2.60 bits per heavy atom. The molecule has 132 valence electrons. The van der Waals surface area contributed by atoms with E-state index in [-0.39, 0.29) is 11.1 Å². The number of allylic oxidation sites excluding steroid dienone is 3. The number of benzene rings is 1. The van der Waals surface area contributed by atoms with Crippen molar-refractivity contribution >= 4 is 10.8 Å². The van der Waals surface area contributed by atoms with Crippen LogP contribution in [0.5, 0.6) is 5.75 Å². The normalized spacial score (nSPS) is 11.1. The van der Waals surface area contributed by atoms with E-state index >= 15 is 0 Å². The predicted octanol–water partition coefficient (Wildman–Crippen LogP) is 5.34. The van der Waals surface area contributed by atoms with Crippen molar-refractivity contribution < 1.29 is 13.5 Å². The first-order chi connectivity index (χ1) is 12.2. The van der Waals surface area contributed by atoms with Gasteiger partial charge in [0.2, 0.25) is 0 Å². The first-order valence-corrected chi connectivity index (χ1v) is 8.42. The van der Waals surface area contributed by atoms with Gasteiger partial charge in [-0.3, -0.25) is 0 Å². The Morgan fingerprint density at radius 2 is 1.84 bits per heavy atom. The summed E-state index contributed by atoms with van der Waals surface area (Å²) in [5.74, 6) is -0.0783. The van der Waals surface area contributed by atoms with Gasteiger partial charge in [0.25, 0.3) is 0 Å². The van der Waals surface area contributed by atoms with Crippen molar-refractivity contribution in [3.05, 3.63) is 77.7 Å². The van der Waals surface area contributed by atoms with Crippen LogP contribution in [0.2, 0.25) is 0 Å². The largest absolute Gasteiger partial charge is 0.490 e. The molecule has 0 aliphatic rings. The summed E-state index contributed by atoms with van der Waals surface area (Å²) >= 11 is 0. The minimum Gasteiger partial charge on any atom is -0.490 e. The van der Waals surface area contributed by atoms with E-state index in [1.807, 2.05) is 18.2 Å². The number of ether oxygens (including phenoxy) is 1. The van der Waals surface area contributed by atoms with Crippen molar-refractivity contribution in [3.8, 4) is 5.75 Å². The van der Waals surface area contributed by atoms with E-state index in [0.717, 1.165) is 12.8 Å². The van der Waals surface area contributed by atoms with Crippen molar-refractivity contribution in [2.45, 2.75) is 32.1 Å². The van der Waals surface area contributed by atoms with Crippen LogP contribution in [-0.4, -0.2) is 6.61 Å². The smallest absolute Gasteiger partial charge is 0.346 e. The molecule has 0 bridgehead atoms. The zero-order chi connectivity index (χ0) is 18.1. The molecule has 0 radical (unpaired) electrons. The maximum absolute atomic E-state index is 14.6. The van der Waals surface area contributed by atoms with Crippen LogP contribution in [0.25, 0.3) is 10.8 Å². The number of unbranched alkanes of at least 4 members (excludes halogenated alkanes) is 1. The third kappa shape index (κ3) is 5.18. The van der Waals surface area contributed by atoms with Crippen LogP contribution < -0.4 is 10.4 Å². The molecule has 0 N–H and O–H groups in total. The van der Waals surface area contributed by atoms with E-state index in [2.05, 4.69) is 13.2 Å². The molecular weight excluding hydrogens is 319 g/mol. The van der Waals surface area contributed by atoms with Gasteiger partial charge in [-0.1, -0.05) is 30.4 Å². The number of hydrogen-bond acceptors (Lipinski definition) is 3. The Bertz CT molecular complexity index is 818. The van der Waals surface area contributed by atoms with Gasteiger partial charge >= 0.3 is 5.63 Å². The summed E-state index contributed by atoms with van der Waals surface area (Å²) < 4.78 is 25.2. The average Bonchev–Trinajstić information content (AvgIpc) is 2.60. The van der Waals surface area contributed by atoms with Gasteiger partial charge in [-0.25, -0.2) is 9.18 Å². The first kappa shape index (κ1) is 18.7. The van der Waals surface area contributed by atoms with Gasteiger partial charge in [-0.2, -0.15) is 0 Å². The van der Waals surface area contributed by atoms with Gasteiger partial charge in [-0.05, 0) is 43.2 Å². The van der Waals surface area contributed by atoms with E-state index in [1.165, 1.54) is 0 Å². The van der Waals surface area contributed by atoms with Crippen molar-refractivity contribution in [1.29, 1.82) is 0 Å². The molecule has 0 atom stereocenters. The highest BCUT2D eigenvalue weighted by Crippen LogP contribution is 2.25. The molecule has 3 nitrogen and oxygen atoms in total. The fraction of sp³-hybridized carbons (Fsp3) is 0.286. The zero-order valence-corrected chi connectivity index (χ0v) is 14.3. The highest BCUT2D eigenvalue weighted by molar-refractivity contribution is 5.83. The van der Waals surface area contributed by atoms with E-state index in [9.17, 15) is 9.18 Å². The molecule has 1 aromatic carbocycles. The third-order valence-electron chi connectivity index (χ3n) is 3.72. The molecule has 0 unspecified atom stereocenters. The lowest BCUT2D eigenvalue weighted by Crippen LogP contribution is -2.06. The fourth-order valence-electron chi connectivity index (χ4n) is 2.44. The predicted molar refractivity (Wildman–Crippen MR) is 99.6 cm³/mol. The molecule has 0 amide bonds. The Morgan fingerprint density at radius 1 is 1.08 bits per heavy atom. The van der Waals surface area contributed by atoms with Gasteiger partial charge in [0.15, 0.2) is 11.6 Å². The van der Waals surface area contributed by atoms with Crippen molar-refractivity contribution in [2.24, 2.45) is 0 Å². The zero-order valence-electron chi connectivity index (χ0n) is 14.3. The second kappa shape index (κ2) is 9.62. The molecule has 25 heavy (non-hydrogen) atoms. The molecule has 0 spiro atoms. The topological polar surface area (TPSA) is 39.4 Å². The maximum atomic E-state index is 14.6. The van der Waals surface area contributed by atoms with Crippen LogP contribution in [0.3, 0.4) is 0 Å². The number of fused-ring (bicyclic) bond motifs is 1. The lowest BCUT2D eigenvalue weighted by atomic mass is 10.1. The van der Waals surface area contributed by atoms with E-state index in [4.69, 9.17) is 9.15 Å². The number of hydrogen-bond donors (Lipinski definition) is 0. The number of aryl methyl sites for hydroxylation is 1. The molecule has 2 rings (SSSR count). The van der Waals surface area contributed by atoms with Gasteiger partial charge in [0, 0.05) is 6.42 Å². The Kier molecular flexibility index (Phi) is 7.20. The number of rotatable bonds is 10. The second-order valence-corrected chi connectivity index (χ2v) is 5.64. The molecule has 1 aromatic heterocycles. The standard InChI is InChI=1S/C21H23FO3/c1-3-5-7-8-9-10-14-24-18-13-12-16-15-17(11-6-4-2)25-21(23)19(16)20(18)22/h3-4,8-9,12-13,15H,1-2,5-7,10-11,14H2/b9-8+. The fourth-order valence-corrected chi connectivity index (χ4v) is 2.44. The van der Waals surface area contributed by atoms with Crippen molar-refractivity contribution in [1.82, 2.24) is 0 Å². The molecule has 0 aliphatic carbocycles. The minimum atomic E-state index is -0.677. The quantitative estimate of drug-likeness (QED) is 0.432. The van der Waals surface area contributed by atoms with Crippen LogP contribution in [0.15, 0.2) is 64.9 Å². The highest BCUT2D eigenvalue weighted by Gasteiger charge is 2.14. The molecule has 0 fully saturated rings. The Balaban J connectivity index is 2.09. The average molecular weight is 342 g/mol. The summed E-state index contributed by atoms with van der Waals surface area (Å²) in [7, 11) is 0. The SMILES string of the molecule is C=CCC/C=C/CCOc1ccc2cc(CCC=C)oc(=O)c2c1F. The van der Waals surface area contributed by atoms with E-state index in [1.54, 1.807) is 24.3 Å². The Labute approximate surface area is 147 Å². The van der Waals surface area contributed by atoms with E-state index < -0.39 is 11.4 Å². The third-order valence-corrected chi connectivity index (χ3v) is 3.72. The molecule has 4 heteroatoms. The van der Waals surface area contributed by atoms with Crippen LogP contribution in [0.1, 0.15) is 31.4 Å². The number of halogens is 1. The molecule has 2 aromatic rings. The lowest BCUT2D eigenvalue weighted by molar-refractivity contribution is 0.309. The summed E-state index contributed by atoms with van der Waals surface area (Å²) in [4.78, 5) is 12.1. The van der Waals surface area contributed by atoms with Crippen LogP contribution in [-0.2, 0) is 6.42 Å². The highest BCUT2D eigenvalue weighted by atomic mass is 19.1. The summed E-state index contributed by atoms with van der Waals surface area (Å²) in [5, 5.41) is 0.450. The van der Waals surface area contributed by atoms with Crippen molar-refractivity contribution in [2.75, 3.05) is 6.61 Å². The molecule has 0 saturated heterocycles. The van der Waals surface area contributed by atoms with Gasteiger partial charge in [0.1, 0.15) is 11.1 Å². The summed E-state index contributed by atoms with van der Waals surface area (Å²) in [6.07, 6.45) is 11.4. The molecule has 0 saturated carbocycles. The molecule has 1 heterocycles. The van der Waals surface area contributed by atoms with Gasteiger partial charge in [0.05, 0.1) is 6.61 Å².